The van der Waals surface area contributed by atoms with E-state index in [-0.39, 0.29) is 18.1 Å². The molecule has 166 valence electrons. The van der Waals surface area contributed by atoms with Gasteiger partial charge in [-0.25, -0.2) is 4.79 Å². The van der Waals surface area contributed by atoms with Gasteiger partial charge in [-0.15, -0.1) is 5.10 Å². The summed E-state index contributed by atoms with van der Waals surface area (Å²) in [6.07, 6.45) is -4.46. The number of hydrogen-bond acceptors (Lipinski definition) is 5. The number of carbonyl (C=O) groups excluding carboxylic acids is 1. The zero-order valence-electron chi connectivity index (χ0n) is 17.2. The number of nitrogens with one attached hydrogen (secondary N) is 1. The van der Waals surface area contributed by atoms with Gasteiger partial charge < -0.3 is 9.64 Å². The number of amidine groups is 1. The van der Waals surface area contributed by atoms with E-state index in [9.17, 15) is 18.0 Å². The van der Waals surface area contributed by atoms with Crippen LogP contribution >= 0.6 is 0 Å². The van der Waals surface area contributed by atoms with E-state index in [0.717, 1.165) is 31.8 Å². The molecule has 1 fully saturated rings. The first-order valence-corrected chi connectivity index (χ1v) is 10.1. The van der Waals surface area contributed by atoms with Gasteiger partial charge in [-0.2, -0.15) is 13.2 Å². The molecular weight excluding hydrogens is 409 g/mol. The van der Waals surface area contributed by atoms with Crippen LogP contribution in [0.4, 0.5) is 18.9 Å². The maximum Gasteiger partial charge on any atom is 0.416 e. The highest BCUT2D eigenvalue weighted by Crippen LogP contribution is 2.30. The first-order chi connectivity index (χ1) is 14.9. The Labute approximate surface area is 179 Å². The molecule has 1 aliphatic heterocycles. The van der Waals surface area contributed by atoms with E-state index in [1.165, 1.54) is 17.7 Å². The van der Waals surface area contributed by atoms with Gasteiger partial charge in [0.1, 0.15) is 0 Å². The second-order valence-corrected chi connectivity index (χ2v) is 7.10. The first kappa shape index (κ1) is 22.6. The average Bonchev–Trinajstić information content (AvgIpc) is 2.75. The summed E-state index contributed by atoms with van der Waals surface area (Å²) in [4.78, 5) is 16.5. The minimum atomic E-state index is -4.46. The zero-order valence-corrected chi connectivity index (χ0v) is 17.2. The van der Waals surface area contributed by atoms with Crippen LogP contribution < -0.4 is 5.43 Å². The van der Waals surface area contributed by atoms with Gasteiger partial charge in [0, 0.05) is 32.7 Å². The Balaban J connectivity index is 1.68. The highest BCUT2D eigenvalue weighted by Gasteiger charge is 2.30. The van der Waals surface area contributed by atoms with Crippen LogP contribution in [0.2, 0.25) is 0 Å². The fraction of sp³-hybridized carbons (Fsp3) is 0.364. The number of halogens is 3. The maximum absolute atomic E-state index is 12.9. The molecule has 0 radical (unpaired) electrons. The molecule has 1 heterocycles. The molecule has 9 heteroatoms. The molecule has 0 atom stereocenters. The number of hydrogen-bond donors (Lipinski definition) is 1. The molecule has 6 nitrogen and oxygen atoms in total. The Morgan fingerprint density at radius 1 is 1.06 bits per heavy atom. The number of anilines is 1. The monoisotopic (exact) mass is 434 g/mol. The molecule has 1 saturated heterocycles. The molecule has 3 rings (SSSR count). The predicted octanol–water partition coefficient (Wildman–Crippen LogP) is 3.81. The maximum atomic E-state index is 12.9. The highest BCUT2D eigenvalue weighted by atomic mass is 19.4. The topological polar surface area (TPSA) is 57.2 Å². The summed E-state index contributed by atoms with van der Waals surface area (Å²) < 4.78 is 43.9. The standard InChI is InChI=1S/C22H25F3N4O2/c1-2-31-21(30)20(27-26-19-10-6-9-18(15-19)22(23,24)25)29-13-11-28(12-14-29)16-17-7-4-3-5-8-17/h3-10,15,26H,2,11-14,16H2,1H3. The van der Waals surface area contributed by atoms with Crippen molar-refractivity contribution in [3.05, 3.63) is 65.7 Å². The summed E-state index contributed by atoms with van der Waals surface area (Å²) in [5, 5.41) is 4.10. The fourth-order valence-corrected chi connectivity index (χ4v) is 3.28. The van der Waals surface area contributed by atoms with E-state index >= 15 is 0 Å². The van der Waals surface area contributed by atoms with Crippen LogP contribution in [0.15, 0.2) is 59.7 Å². The number of esters is 1. The normalized spacial score (nSPS) is 15.6. The molecule has 0 spiro atoms. The average molecular weight is 434 g/mol. The van der Waals surface area contributed by atoms with Gasteiger partial charge in [-0.05, 0) is 30.7 Å². The minimum absolute atomic E-state index is 0.0543. The van der Waals surface area contributed by atoms with Gasteiger partial charge in [0.2, 0.25) is 5.84 Å². The molecular formula is C22H25F3N4O2. The largest absolute Gasteiger partial charge is 0.460 e. The van der Waals surface area contributed by atoms with Gasteiger partial charge >= 0.3 is 12.1 Å². The lowest BCUT2D eigenvalue weighted by atomic mass is 10.2. The van der Waals surface area contributed by atoms with Crippen molar-refractivity contribution in [2.45, 2.75) is 19.6 Å². The Bertz CT molecular complexity index is 895. The third-order valence-corrected chi connectivity index (χ3v) is 4.86. The van der Waals surface area contributed by atoms with Crippen LogP contribution in [0.5, 0.6) is 0 Å². The van der Waals surface area contributed by atoms with E-state index in [1.54, 1.807) is 11.8 Å². The minimum Gasteiger partial charge on any atom is -0.460 e. The number of ether oxygens (including phenoxy) is 1. The van der Waals surface area contributed by atoms with E-state index in [0.29, 0.717) is 13.1 Å². The van der Waals surface area contributed by atoms with Gasteiger partial charge in [-0.1, -0.05) is 36.4 Å². The summed E-state index contributed by atoms with van der Waals surface area (Å²) in [5.74, 6) is -0.558. The number of hydrazone groups is 1. The number of carbonyl (C=O) groups is 1. The van der Waals surface area contributed by atoms with Crippen molar-refractivity contribution in [1.29, 1.82) is 0 Å². The van der Waals surface area contributed by atoms with Gasteiger partial charge in [0.15, 0.2) is 0 Å². The second-order valence-electron chi connectivity index (χ2n) is 7.10. The van der Waals surface area contributed by atoms with E-state index < -0.39 is 17.7 Å². The lowest BCUT2D eigenvalue weighted by Crippen LogP contribution is -2.50. The molecule has 2 aromatic carbocycles. The Kier molecular flexibility index (Phi) is 7.51. The Morgan fingerprint density at radius 3 is 2.42 bits per heavy atom. The van der Waals surface area contributed by atoms with Crippen molar-refractivity contribution >= 4 is 17.5 Å². The number of piperazine rings is 1. The van der Waals surface area contributed by atoms with E-state index in [1.807, 2.05) is 18.2 Å². The molecule has 1 aliphatic rings. The molecule has 0 unspecified atom stereocenters. The van der Waals surface area contributed by atoms with Crippen LogP contribution in [0, 0.1) is 0 Å². The third kappa shape index (κ3) is 6.45. The van der Waals surface area contributed by atoms with Crippen LogP contribution in [0.1, 0.15) is 18.1 Å². The lowest BCUT2D eigenvalue weighted by Gasteiger charge is -2.35. The molecule has 2 aromatic rings. The fourth-order valence-electron chi connectivity index (χ4n) is 3.28. The van der Waals surface area contributed by atoms with Crippen LogP contribution in [-0.2, 0) is 22.3 Å². The SMILES string of the molecule is CCOC(=O)C(=NNc1cccc(C(F)(F)F)c1)N1CCN(Cc2ccccc2)CC1. The quantitative estimate of drug-likeness (QED) is 0.336. The Hall–Kier alpha value is -3.07. The molecule has 31 heavy (non-hydrogen) atoms. The summed E-state index contributed by atoms with van der Waals surface area (Å²) >= 11 is 0. The van der Waals surface area contributed by atoms with Crippen molar-refractivity contribution in [3.63, 3.8) is 0 Å². The smallest absolute Gasteiger partial charge is 0.416 e. The molecule has 0 saturated carbocycles. The Morgan fingerprint density at radius 2 is 1.77 bits per heavy atom. The third-order valence-electron chi connectivity index (χ3n) is 4.86. The lowest BCUT2D eigenvalue weighted by molar-refractivity contribution is -0.138. The summed E-state index contributed by atoms with van der Waals surface area (Å²) in [6.45, 7) is 5.21. The molecule has 0 aliphatic carbocycles. The van der Waals surface area contributed by atoms with Gasteiger partial charge in [0.25, 0.3) is 0 Å². The molecule has 1 N–H and O–H groups in total. The second kappa shape index (κ2) is 10.3. The zero-order chi connectivity index (χ0) is 22.3. The number of alkyl halides is 3. The van der Waals surface area contributed by atoms with Crippen molar-refractivity contribution < 1.29 is 22.7 Å². The molecule has 0 amide bonds. The van der Waals surface area contributed by atoms with Crippen molar-refractivity contribution in [2.75, 3.05) is 38.2 Å². The number of benzene rings is 2. The summed E-state index contributed by atoms with van der Waals surface area (Å²) in [6, 6.07) is 14.8. The van der Waals surface area contributed by atoms with Gasteiger partial charge in [-0.3, -0.25) is 10.3 Å². The van der Waals surface area contributed by atoms with Crippen LogP contribution in [0.3, 0.4) is 0 Å². The summed E-state index contributed by atoms with van der Waals surface area (Å²) in [7, 11) is 0. The number of nitrogens with zero attached hydrogens (tertiary/aromatic N) is 3. The highest BCUT2D eigenvalue weighted by molar-refractivity contribution is 6.35. The predicted molar refractivity (Wildman–Crippen MR) is 112 cm³/mol. The molecule has 0 aromatic heterocycles. The van der Waals surface area contributed by atoms with Crippen LogP contribution in [0.25, 0.3) is 0 Å². The number of rotatable bonds is 5. The molecule has 0 bridgehead atoms. The van der Waals surface area contributed by atoms with E-state index in [4.69, 9.17) is 4.74 Å². The van der Waals surface area contributed by atoms with Crippen LogP contribution in [-0.4, -0.2) is 54.4 Å². The van der Waals surface area contributed by atoms with Crippen molar-refractivity contribution in [1.82, 2.24) is 9.80 Å². The van der Waals surface area contributed by atoms with E-state index in [2.05, 4.69) is 27.6 Å². The summed E-state index contributed by atoms with van der Waals surface area (Å²) in [5.41, 5.74) is 3.13. The van der Waals surface area contributed by atoms with Crippen molar-refractivity contribution in [2.24, 2.45) is 5.10 Å². The first-order valence-electron chi connectivity index (χ1n) is 10.1. The van der Waals surface area contributed by atoms with Gasteiger partial charge in [0.05, 0.1) is 17.9 Å². The van der Waals surface area contributed by atoms with Crippen molar-refractivity contribution in [3.8, 4) is 0 Å².